The minimum Gasteiger partial charge on any atom is -0.377 e. The highest BCUT2D eigenvalue weighted by atomic mass is 32.2. The highest BCUT2D eigenvalue weighted by Crippen LogP contribution is 1.96. The van der Waals surface area contributed by atoms with E-state index in [0.29, 0.717) is 32.2 Å². The number of ether oxygens (including phenoxy) is 2. The Labute approximate surface area is 82.3 Å². The van der Waals surface area contributed by atoms with Gasteiger partial charge in [-0.15, -0.1) is 0 Å². The fourth-order valence-corrected chi connectivity index (χ4v) is 1.45. The maximum Gasteiger partial charge on any atom is 0.230 e. The second kappa shape index (κ2) is 6.23. The molecule has 1 N–H and O–H groups in total. The van der Waals surface area contributed by atoms with Crippen LogP contribution >= 0.6 is 11.8 Å². The summed E-state index contributed by atoms with van der Waals surface area (Å²) in [6.45, 7) is 2.35. The Morgan fingerprint density at radius 2 is 2.08 bits per heavy atom. The van der Waals surface area contributed by atoms with Crippen LogP contribution in [0.3, 0.4) is 0 Å². The van der Waals surface area contributed by atoms with Crippen LogP contribution in [0.5, 0.6) is 0 Å². The monoisotopic (exact) mass is 205 g/mol. The van der Waals surface area contributed by atoms with Gasteiger partial charge in [0.15, 0.2) is 0 Å². The molecule has 4 nitrogen and oxygen atoms in total. The van der Waals surface area contributed by atoms with Crippen molar-refractivity contribution >= 4 is 17.7 Å². The molecule has 0 aromatic heterocycles. The van der Waals surface area contributed by atoms with E-state index >= 15 is 0 Å². The second-order valence-corrected chi connectivity index (χ2v) is 3.71. The summed E-state index contributed by atoms with van der Waals surface area (Å²) in [7, 11) is 0. The van der Waals surface area contributed by atoms with Gasteiger partial charge in [0.1, 0.15) is 0 Å². The molecule has 0 atom stereocenters. The van der Waals surface area contributed by atoms with E-state index in [1.165, 1.54) is 11.8 Å². The average Bonchev–Trinajstić information content (AvgIpc) is 2.33. The molecule has 0 unspecified atom stereocenters. The third kappa shape index (κ3) is 4.50. The van der Waals surface area contributed by atoms with Crippen LogP contribution in [0.2, 0.25) is 0 Å². The Morgan fingerprint density at radius 1 is 1.46 bits per heavy atom. The lowest BCUT2D eigenvalue weighted by molar-refractivity contribution is -0.119. The number of nitrogens with one attached hydrogen (secondary N) is 1. The van der Waals surface area contributed by atoms with Crippen molar-refractivity contribution in [3.05, 3.63) is 0 Å². The minimum atomic E-state index is 0.0159. The molecule has 1 saturated heterocycles. The molecule has 1 aliphatic heterocycles. The normalized spacial score (nSPS) is 19.5. The summed E-state index contributed by atoms with van der Waals surface area (Å²) in [5, 5.41) is 2.85. The fourth-order valence-electron chi connectivity index (χ4n) is 1.10. The first-order valence-corrected chi connectivity index (χ1v) is 5.66. The van der Waals surface area contributed by atoms with Gasteiger partial charge in [0.2, 0.25) is 5.91 Å². The molecule has 1 fully saturated rings. The van der Waals surface area contributed by atoms with Crippen LogP contribution < -0.4 is 5.32 Å². The molecule has 1 amide bonds. The topological polar surface area (TPSA) is 47.6 Å². The van der Waals surface area contributed by atoms with E-state index in [4.69, 9.17) is 9.47 Å². The molecule has 0 aromatic carbocycles. The number of thioether (sulfide) groups is 1. The predicted molar refractivity (Wildman–Crippen MR) is 52.0 cm³/mol. The van der Waals surface area contributed by atoms with E-state index in [1.807, 2.05) is 6.26 Å². The van der Waals surface area contributed by atoms with E-state index in [9.17, 15) is 4.79 Å². The standard InChI is InChI=1S/C8H15NO3S/c1-13-6-8(10)9-7-4-11-2-3-12-5-7/h7H,2-6H2,1H3,(H,9,10). The zero-order valence-corrected chi connectivity index (χ0v) is 8.56. The van der Waals surface area contributed by atoms with Gasteiger partial charge in [-0.05, 0) is 6.26 Å². The number of carbonyl (C=O) groups is 1. The summed E-state index contributed by atoms with van der Waals surface area (Å²) in [6, 6.07) is 0.0159. The third-order valence-electron chi connectivity index (χ3n) is 1.65. The van der Waals surface area contributed by atoms with Crippen molar-refractivity contribution in [1.82, 2.24) is 5.32 Å². The summed E-state index contributed by atoms with van der Waals surface area (Å²) >= 11 is 1.51. The molecule has 0 saturated carbocycles. The Morgan fingerprint density at radius 3 is 2.62 bits per heavy atom. The van der Waals surface area contributed by atoms with Crippen molar-refractivity contribution in [2.45, 2.75) is 6.04 Å². The lowest BCUT2D eigenvalue weighted by atomic mass is 10.3. The number of rotatable bonds is 3. The smallest absolute Gasteiger partial charge is 0.230 e. The molecule has 0 aromatic rings. The third-order valence-corrected chi connectivity index (χ3v) is 2.20. The zero-order valence-electron chi connectivity index (χ0n) is 7.75. The van der Waals surface area contributed by atoms with E-state index in [0.717, 1.165) is 0 Å². The first-order chi connectivity index (χ1) is 6.33. The van der Waals surface area contributed by atoms with Crippen LogP contribution in [0.1, 0.15) is 0 Å². The van der Waals surface area contributed by atoms with Crippen molar-refractivity contribution in [2.75, 3.05) is 38.4 Å². The molecule has 1 aliphatic rings. The number of hydrogen-bond acceptors (Lipinski definition) is 4. The number of amides is 1. The molecule has 0 aliphatic carbocycles. The summed E-state index contributed by atoms with van der Waals surface area (Å²) in [5.41, 5.74) is 0. The maximum absolute atomic E-state index is 11.2. The molecule has 0 bridgehead atoms. The zero-order chi connectivity index (χ0) is 9.52. The Balaban J connectivity index is 2.21. The predicted octanol–water partition coefficient (Wildman–Crippen LogP) is -0.119. The second-order valence-electron chi connectivity index (χ2n) is 2.85. The molecule has 1 heterocycles. The van der Waals surface area contributed by atoms with Crippen molar-refractivity contribution in [3.63, 3.8) is 0 Å². The van der Waals surface area contributed by atoms with Crippen LogP contribution in [-0.4, -0.2) is 50.4 Å². The van der Waals surface area contributed by atoms with E-state index < -0.39 is 0 Å². The van der Waals surface area contributed by atoms with Gasteiger partial charge in [-0.25, -0.2) is 0 Å². The number of carbonyl (C=O) groups excluding carboxylic acids is 1. The van der Waals surface area contributed by atoms with Crippen LogP contribution in [0.4, 0.5) is 0 Å². The highest BCUT2D eigenvalue weighted by Gasteiger charge is 2.14. The molecule has 5 heteroatoms. The SMILES string of the molecule is CSCC(=O)NC1COCCOC1. The minimum absolute atomic E-state index is 0.0159. The van der Waals surface area contributed by atoms with Crippen LogP contribution in [0.15, 0.2) is 0 Å². The van der Waals surface area contributed by atoms with Crippen molar-refractivity contribution < 1.29 is 14.3 Å². The van der Waals surface area contributed by atoms with Crippen LogP contribution in [0.25, 0.3) is 0 Å². The summed E-state index contributed by atoms with van der Waals surface area (Å²) in [6.07, 6.45) is 1.90. The molecule has 76 valence electrons. The van der Waals surface area contributed by atoms with Gasteiger partial charge in [0.25, 0.3) is 0 Å². The van der Waals surface area contributed by atoms with Crippen molar-refractivity contribution in [2.24, 2.45) is 0 Å². The first-order valence-electron chi connectivity index (χ1n) is 4.26. The summed E-state index contributed by atoms with van der Waals surface area (Å²) in [5.74, 6) is 0.544. The fraction of sp³-hybridized carbons (Fsp3) is 0.875. The largest absolute Gasteiger partial charge is 0.377 e. The first kappa shape index (κ1) is 10.8. The highest BCUT2D eigenvalue weighted by molar-refractivity contribution is 7.99. The van der Waals surface area contributed by atoms with E-state index in [2.05, 4.69) is 5.32 Å². The van der Waals surface area contributed by atoms with Gasteiger partial charge in [-0.1, -0.05) is 0 Å². The van der Waals surface area contributed by atoms with Gasteiger partial charge >= 0.3 is 0 Å². The average molecular weight is 205 g/mol. The molecule has 0 radical (unpaired) electrons. The molecular weight excluding hydrogens is 190 g/mol. The van der Waals surface area contributed by atoms with Gasteiger partial charge in [-0.3, -0.25) is 4.79 Å². The molecule has 1 rings (SSSR count). The van der Waals surface area contributed by atoms with Crippen LogP contribution in [-0.2, 0) is 14.3 Å². The summed E-state index contributed by atoms with van der Waals surface area (Å²) in [4.78, 5) is 11.2. The number of hydrogen-bond donors (Lipinski definition) is 1. The quantitative estimate of drug-likeness (QED) is 0.698. The maximum atomic E-state index is 11.2. The van der Waals surface area contributed by atoms with Crippen LogP contribution in [0, 0.1) is 0 Å². The van der Waals surface area contributed by atoms with Crippen molar-refractivity contribution in [3.8, 4) is 0 Å². The Kier molecular flexibility index (Phi) is 5.19. The van der Waals surface area contributed by atoms with E-state index in [1.54, 1.807) is 0 Å². The van der Waals surface area contributed by atoms with E-state index in [-0.39, 0.29) is 11.9 Å². The Bertz CT molecular complexity index is 157. The van der Waals surface area contributed by atoms with Crippen molar-refractivity contribution in [1.29, 1.82) is 0 Å². The molecule has 0 spiro atoms. The molecular formula is C8H15NO3S. The summed E-state index contributed by atoms with van der Waals surface area (Å²) < 4.78 is 10.5. The van der Waals surface area contributed by atoms with Gasteiger partial charge < -0.3 is 14.8 Å². The van der Waals surface area contributed by atoms with Gasteiger partial charge in [-0.2, -0.15) is 11.8 Å². The Hall–Kier alpha value is -0.260. The van der Waals surface area contributed by atoms with Gasteiger partial charge in [0, 0.05) is 0 Å². The van der Waals surface area contributed by atoms with Gasteiger partial charge in [0.05, 0.1) is 38.2 Å². The molecule has 13 heavy (non-hydrogen) atoms. The lowest BCUT2D eigenvalue weighted by Gasteiger charge is -2.14. The lowest BCUT2D eigenvalue weighted by Crippen LogP contribution is -2.41.